The molecule has 0 saturated carbocycles. The smallest absolute Gasteiger partial charge is 0.406 e. The van der Waals surface area contributed by atoms with E-state index in [4.69, 9.17) is 0 Å². The molecule has 3 aromatic carbocycles. The van der Waals surface area contributed by atoms with E-state index < -0.39 is 39.2 Å². The zero-order valence-electron chi connectivity index (χ0n) is 19.2. The molecule has 0 spiro atoms. The quantitative estimate of drug-likeness (QED) is 0.350. The zero-order valence-corrected chi connectivity index (χ0v) is 19.2. The standard InChI is InChI=1S/C24H17F3N4O7/c25-24(26,27)38-21-5-3-15(4-6-21)23(33)29-12-16-2-1-14(7-18(16)13-29)11-28-22(32)17-8-19(30(34)35)10-20(9-17)31(36)37/h1-10H,11-13H2,(H,28,32). The van der Waals surface area contributed by atoms with Crippen molar-refractivity contribution >= 4 is 23.2 Å². The van der Waals surface area contributed by atoms with Gasteiger partial charge in [-0.15, -0.1) is 13.2 Å². The van der Waals surface area contributed by atoms with Gasteiger partial charge in [-0.05, 0) is 41.0 Å². The minimum atomic E-state index is -4.84. The van der Waals surface area contributed by atoms with Crippen LogP contribution in [0.4, 0.5) is 24.5 Å². The number of rotatable bonds is 7. The van der Waals surface area contributed by atoms with Crippen LogP contribution in [0.2, 0.25) is 0 Å². The van der Waals surface area contributed by atoms with Crippen LogP contribution < -0.4 is 10.1 Å². The van der Waals surface area contributed by atoms with Gasteiger partial charge in [-0.2, -0.15) is 0 Å². The Balaban J connectivity index is 1.40. The number of ether oxygens (including phenoxy) is 1. The molecule has 4 rings (SSSR count). The summed E-state index contributed by atoms with van der Waals surface area (Å²) in [5.41, 5.74) is 1.07. The molecule has 11 nitrogen and oxygen atoms in total. The SMILES string of the molecule is O=C(NCc1ccc2c(c1)CN(C(=O)c1ccc(OC(F)(F)F)cc1)C2)c1cc([N+](=O)[O-])cc([N+](=O)[O-])c1. The summed E-state index contributed by atoms with van der Waals surface area (Å²) < 4.78 is 40.8. The Hall–Kier alpha value is -5.01. The van der Waals surface area contributed by atoms with Gasteiger partial charge < -0.3 is 15.0 Å². The first-order valence-corrected chi connectivity index (χ1v) is 10.9. The molecule has 2 amide bonds. The van der Waals surface area contributed by atoms with Gasteiger partial charge in [0.25, 0.3) is 23.2 Å². The van der Waals surface area contributed by atoms with Gasteiger partial charge in [0.05, 0.1) is 21.5 Å². The van der Waals surface area contributed by atoms with E-state index in [1.165, 1.54) is 17.0 Å². The third-order valence-electron chi connectivity index (χ3n) is 5.65. The molecule has 0 radical (unpaired) electrons. The number of nitro benzene ring substituents is 2. The number of carbonyl (C=O) groups excluding carboxylic acids is 2. The molecule has 1 heterocycles. The summed E-state index contributed by atoms with van der Waals surface area (Å²) in [5, 5.41) is 24.7. The number of amides is 2. The van der Waals surface area contributed by atoms with Crippen molar-refractivity contribution in [3.05, 3.63) is 109 Å². The Bertz CT molecular complexity index is 1410. The Kier molecular flexibility index (Phi) is 6.97. The second-order valence-corrected chi connectivity index (χ2v) is 8.27. The average Bonchev–Trinajstić information content (AvgIpc) is 3.29. The molecule has 0 aliphatic carbocycles. The van der Waals surface area contributed by atoms with Crippen molar-refractivity contribution in [3.8, 4) is 5.75 Å². The van der Waals surface area contributed by atoms with Crippen LogP contribution in [0.5, 0.6) is 5.75 Å². The Labute approximate surface area is 211 Å². The van der Waals surface area contributed by atoms with E-state index in [9.17, 15) is 43.0 Å². The van der Waals surface area contributed by atoms with Crippen molar-refractivity contribution in [2.75, 3.05) is 0 Å². The topological polar surface area (TPSA) is 145 Å². The fraction of sp³-hybridized carbons (Fsp3) is 0.167. The van der Waals surface area contributed by atoms with Gasteiger partial charge in [0, 0.05) is 37.3 Å². The van der Waals surface area contributed by atoms with Crippen molar-refractivity contribution in [2.45, 2.75) is 26.0 Å². The molecule has 38 heavy (non-hydrogen) atoms. The molecular weight excluding hydrogens is 513 g/mol. The minimum Gasteiger partial charge on any atom is -0.406 e. The summed E-state index contributed by atoms with van der Waals surface area (Å²) in [6.45, 7) is 0.518. The number of fused-ring (bicyclic) bond motifs is 1. The summed E-state index contributed by atoms with van der Waals surface area (Å²) in [6.07, 6.45) is -4.84. The molecule has 0 bridgehead atoms. The highest BCUT2D eigenvalue weighted by Gasteiger charge is 2.31. The lowest BCUT2D eigenvalue weighted by molar-refractivity contribution is -0.394. The van der Waals surface area contributed by atoms with E-state index in [0.717, 1.165) is 41.5 Å². The maximum absolute atomic E-state index is 12.8. The van der Waals surface area contributed by atoms with Crippen molar-refractivity contribution in [3.63, 3.8) is 0 Å². The minimum absolute atomic E-state index is 0.0111. The van der Waals surface area contributed by atoms with Crippen molar-refractivity contribution in [1.82, 2.24) is 10.2 Å². The third kappa shape index (κ3) is 6.03. The number of non-ortho nitro benzene ring substituents is 2. The summed E-state index contributed by atoms with van der Waals surface area (Å²) in [6, 6.07) is 12.5. The first-order chi connectivity index (χ1) is 17.9. The van der Waals surface area contributed by atoms with Gasteiger partial charge in [0.15, 0.2) is 0 Å². The van der Waals surface area contributed by atoms with Gasteiger partial charge in [0.1, 0.15) is 5.75 Å². The molecule has 0 unspecified atom stereocenters. The number of hydrogen-bond acceptors (Lipinski definition) is 7. The Morgan fingerprint density at radius 2 is 1.47 bits per heavy atom. The molecular formula is C24H17F3N4O7. The normalized spacial score (nSPS) is 12.6. The van der Waals surface area contributed by atoms with E-state index in [-0.39, 0.29) is 36.7 Å². The largest absolute Gasteiger partial charge is 0.573 e. The number of hydrogen-bond donors (Lipinski definition) is 1. The monoisotopic (exact) mass is 530 g/mol. The van der Waals surface area contributed by atoms with Crippen LogP contribution in [0.15, 0.2) is 60.7 Å². The Morgan fingerprint density at radius 3 is 2.05 bits per heavy atom. The van der Waals surface area contributed by atoms with Crippen LogP contribution in [0.1, 0.15) is 37.4 Å². The fourth-order valence-corrected chi connectivity index (χ4v) is 3.90. The molecule has 0 aromatic heterocycles. The van der Waals surface area contributed by atoms with Gasteiger partial charge >= 0.3 is 6.36 Å². The van der Waals surface area contributed by atoms with E-state index in [0.29, 0.717) is 5.56 Å². The van der Waals surface area contributed by atoms with Crippen molar-refractivity contribution < 1.29 is 37.3 Å². The van der Waals surface area contributed by atoms with Crippen LogP contribution in [0.25, 0.3) is 0 Å². The predicted molar refractivity (Wildman–Crippen MR) is 124 cm³/mol. The van der Waals surface area contributed by atoms with Crippen LogP contribution in [-0.4, -0.2) is 32.9 Å². The molecule has 0 fully saturated rings. The fourth-order valence-electron chi connectivity index (χ4n) is 3.90. The zero-order chi connectivity index (χ0) is 27.6. The first-order valence-electron chi connectivity index (χ1n) is 10.9. The lowest BCUT2D eigenvalue weighted by Crippen LogP contribution is -2.25. The van der Waals surface area contributed by atoms with Gasteiger partial charge in [0.2, 0.25) is 0 Å². The number of carbonyl (C=O) groups is 2. The van der Waals surface area contributed by atoms with Gasteiger partial charge in [-0.1, -0.05) is 18.2 Å². The summed E-state index contributed by atoms with van der Waals surface area (Å²) in [4.78, 5) is 47.3. The van der Waals surface area contributed by atoms with E-state index in [1.54, 1.807) is 18.2 Å². The maximum Gasteiger partial charge on any atom is 0.573 e. The number of nitrogens with one attached hydrogen (secondary N) is 1. The first kappa shape index (κ1) is 26.1. The summed E-state index contributed by atoms with van der Waals surface area (Å²) in [7, 11) is 0. The number of alkyl halides is 3. The summed E-state index contributed by atoms with van der Waals surface area (Å²) >= 11 is 0. The second kappa shape index (κ2) is 10.2. The number of nitrogens with zero attached hydrogens (tertiary/aromatic N) is 3. The lowest BCUT2D eigenvalue weighted by atomic mass is 10.1. The molecule has 14 heteroatoms. The molecule has 0 saturated heterocycles. The predicted octanol–water partition coefficient (Wildman–Crippen LogP) is 4.49. The highest BCUT2D eigenvalue weighted by atomic mass is 19.4. The van der Waals surface area contributed by atoms with E-state index in [1.807, 2.05) is 0 Å². The van der Waals surface area contributed by atoms with Gasteiger partial charge in [-0.3, -0.25) is 29.8 Å². The number of benzene rings is 3. The van der Waals surface area contributed by atoms with Crippen molar-refractivity contribution in [1.29, 1.82) is 0 Å². The molecule has 3 aromatic rings. The lowest BCUT2D eigenvalue weighted by Gasteiger charge is -2.16. The maximum atomic E-state index is 12.8. The van der Waals surface area contributed by atoms with E-state index in [2.05, 4.69) is 10.1 Å². The number of nitro groups is 2. The molecule has 0 atom stereocenters. The highest BCUT2D eigenvalue weighted by Crippen LogP contribution is 2.28. The van der Waals surface area contributed by atoms with Crippen LogP contribution in [0, 0.1) is 20.2 Å². The number of halogens is 3. The highest BCUT2D eigenvalue weighted by molar-refractivity contribution is 5.96. The Morgan fingerprint density at radius 1 is 0.868 bits per heavy atom. The molecule has 1 N–H and O–H groups in total. The van der Waals surface area contributed by atoms with Crippen LogP contribution in [0.3, 0.4) is 0 Å². The average molecular weight is 530 g/mol. The van der Waals surface area contributed by atoms with Crippen LogP contribution in [-0.2, 0) is 19.6 Å². The van der Waals surface area contributed by atoms with Crippen LogP contribution >= 0.6 is 0 Å². The second-order valence-electron chi connectivity index (χ2n) is 8.27. The van der Waals surface area contributed by atoms with Crippen molar-refractivity contribution in [2.24, 2.45) is 0 Å². The van der Waals surface area contributed by atoms with Gasteiger partial charge in [-0.25, -0.2) is 0 Å². The molecule has 1 aliphatic heterocycles. The summed E-state index contributed by atoms with van der Waals surface area (Å²) in [5.74, 6) is -1.57. The molecule has 1 aliphatic rings. The third-order valence-corrected chi connectivity index (χ3v) is 5.65. The molecule has 196 valence electrons. The van der Waals surface area contributed by atoms with E-state index >= 15 is 0 Å².